The Balaban J connectivity index is 1.55. The molecule has 7 heteroatoms. The smallest absolute Gasteiger partial charge is 0.256 e. The summed E-state index contributed by atoms with van der Waals surface area (Å²) in [4.78, 5) is 40.6. The van der Waals surface area contributed by atoms with Crippen LogP contribution in [0, 0.1) is 5.92 Å². The SMILES string of the molecule is CCC(CC)C(=O)NC1CCN2C(=O)c3cc(-c4ccc(Cl)cc4)ccc3NC(=O)C2C1. The van der Waals surface area contributed by atoms with Crippen molar-refractivity contribution in [2.75, 3.05) is 11.9 Å². The number of carbonyl (C=O) groups excluding carboxylic acids is 3. The molecule has 2 aromatic carbocycles. The Kier molecular flexibility index (Phi) is 6.51. The molecule has 1 fully saturated rings. The van der Waals surface area contributed by atoms with Crippen molar-refractivity contribution in [1.29, 1.82) is 0 Å². The highest BCUT2D eigenvalue weighted by atomic mass is 35.5. The van der Waals surface area contributed by atoms with Gasteiger partial charge in [0.15, 0.2) is 0 Å². The summed E-state index contributed by atoms with van der Waals surface area (Å²) < 4.78 is 0. The molecule has 0 aliphatic carbocycles. The second kappa shape index (κ2) is 9.33. The largest absolute Gasteiger partial charge is 0.353 e. The number of halogens is 1. The first kappa shape index (κ1) is 22.3. The first-order valence-electron chi connectivity index (χ1n) is 11.2. The number of benzene rings is 2. The van der Waals surface area contributed by atoms with Crippen molar-refractivity contribution < 1.29 is 14.4 Å². The molecule has 32 heavy (non-hydrogen) atoms. The molecule has 6 nitrogen and oxygen atoms in total. The van der Waals surface area contributed by atoms with Crippen LogP contribution >= 0.6 is 11.6 Å². The van der Waals surface area contributed by atoms with Crippen molar-refractivity contribution in [2.24, 2.45) is 5.92 Å². The van der Waals surface area contributed by atoms with E-state index in [-0.39, 0.29) is 29.7 Å². The van der Waals surface area contributed by atoms with Gasteiger partial charge in [-0.2, -0.15) is 0 Å². The summed E-state index contributed by atoms with van der Waals surface area (Å²) in [7, 11) is 0. The number of rotatable bonds is 5. The molecule has 1 saturated heterocycles. The lowest BCUT2D eigenvalue weighted by Crippen LogP contribution is -2.55. The molecule has 2 aliphatic rings. The van der Waals surface area contributed by atoms with E-state index in [0.717, 1.165) is 24.0 Å². The first-order chi connectivity index (χ1) is 15.4. The number of anilines is 1. The monoisotopic (exact) mass is 453 g/mol. The Morgan fingerprint density at radius 2 is 1.81 bits per heavy atom. The lowest BCUT2D eigenvalue weighted by atomic mass is 9.94. The fourth-order valence-electron chi connectivity index (χ4n) is 4.59. The third kappa shape index (κ3) is 4.37. The first-order valence-corrected chi connectivity index (χ1v) is 11.6. The number of hydrogen-bond donors (Lipinski definition) is 2. The zero-order valence-electron chi connectivity index (χ0n) is 18.4. The van der Waals surface area contributed by atoms with Crippen molar-refractivity contribution in [3.05, 3.63) is 53.1 Å². The summed E-state index contributed by atoms with van der Waals surface area (Å²) in [5, 5.41) is 6.67. The summed E-state index contributed by atoms with van der Waals surface area (Å²) in [5.41, 5.74) is 2.83. The van der Waals surface area contributed by atoms with E-state index in [9.17, 15) is 14.4 Å². The summed E-state index contributed by atoms with van der Waals surface area (Å²) in [6, 6.07) is 12.2. The molecular weight excluding hydrogens is 426 g/mol. The Morgan fingerprint density at radius 1 is 1.12 bits per heavy atom. The van der Waals surface area contributed by atoms with Gasteiger partial charge in [0.2, 0.25) is 11.8 Å². The van der Waals surface area contributed by atoms with E-state index in [1.165, 1.54) is 0 Å². The number of carbonyl (C=O) groups is 3. The van der Waals surface area contributed by atoms with Crippen molar-refractivity contribution in [3.8, 4) is 11.1 Å². The Morgan fingerprint density at radius 3 is 2.50 bits per heavy atom. The molecule has 3 amide bonds. The van der Waals surface area contributed by atoms with Crippen molar-refractivity contribution >= 4 is 35.0 Å². The zero-order chi connectivity index (χ0) is 22.8. The molecule has 2 atom stereocenters. The highest BCUT2D eigenvalue weighted by Crippen LogP contribution is 2.32. The molecule has 4 rings (SSSR count). The standard InChI is InChI=1S/C25H28ClN3O3/c1-3-15(4-2)23(30)27-19-11-12-29-22(14-19)24(31)28-21-10-7-17(13-20(21)25(29)32)16-5-8-18(26)9-6-16/h5-10,13,15,19,22H,3-4,11-12,14H2,1-2H3,(H,27,30)(H,28,31). The molecule has 0 spiro atoms. The highest BCUT2D eigenvalue weighted by Gasteiger charge is 2.40. The number of nitrogens with zero attached hydrogens (tertiary/aromatic N) is 1. The molecule has 0 saturated carbocycles. The van der Waals surface area contributed by atoms with E-state index in [1.54, 1.807) is 11.0 Å². The minimum Gasteiger partial charge on any atom is -0.353 e. The lowest BCUT2D eigenvalue weighted by molar-refractivity contribution is -0.127. The topological polar surface area (TPSA) is 78.5 Å². The average molecular weight is 454 g/mol. The molecule has 0 radical (unpaired) electrons. The summed E-state index contributed by atoms with van der Waals surface area (Å²) >= 11 is 5.99. The van der Waals surface area contributed by atoms with Gasteiger partial charge in [-0.1, -0.05) is 43.6 Å². The van der Waals surface area contributed by atoms with Crippen LogP contribution in [0.4, 0.5) is 5.69 Å². The maximum absolute atomic E-state index is 13.4. The van der Waals surface area contributed by atoms with Gasteiger partial charge in [-0.3, -0.25) is 14.4 Å². The number of piperidine rings is 1. The van der Waals surface area contributed by atoms with Gasteiger partial charge >= 0.3 is 0 Å². The normalized spacial score (nSPS) is 20.3. The Labute approximate surface area is 193 Å². The van der Waals surface area contributed by atoms with E-state index in [1.807, 2.05) is 50.2 Å². The fourth-order valence-corrected chi connectivity index (χ4v) is 4.72. The van der Waals surface area contributed by atoms with Gasteiger partial charge in [0.25, 0.3) is 5.91 Å². The van der Waals surface area contributed by atoms with Gasteiger partial charge in [-0.25, -0.2) is 0 Å². The second-order valence-corrected chi connectivity index (χ2v) is 8.95. The van der Waals surface area contributed by atoms with Gasteiger partial charge in [0.1, 0.15) is 6.04 Å². The number of hydrogen-bond acceptors (Lipinski definition) is 3. The number of fused-ring (bicyclic) bond motifs is 2. The molecule has 2 aliphatic heterocycles. The lowest BCUT2D eigenvalue weighted by Gasteiger charge is -2.37. The molecule has 2 heterocycles. The predicted molar refractivity (Wildman–Crippen MR) is 126 cm³/mol. The summed E-state index contributed by atoms with van der Waals surface area (Å²) in [6.45, 7) is 4.43. The van der Waals surface area contributed by atoms with Gasteiger partial charge in [-0.05, 0) is 61.1 Å². The van der Waals surface area contributed by atoms with Crippen LogP contribution < -0.4 is 10.6 Å². The van der Waals surface area contributed by atoms with E-state index >= 15 is 0 Å². The van der Waals surface area contributed by atoms with Gasteiger partial charge in [-0.15, -0.1) is 0 Å². The Bertz CT molecular complexity index is 1030. The van der Waals surface area contributed by atoms with Crippen molar-refractivity contribution in [1.82, 2.24) is 10.2 Å². The summed E-state index contributed by atoms with van der Waals surface area (Å²) in [5.74, 6) is -0.361. The van der Waals surface area contributed by atoms with Crippen LogP contribution in [0.5, 0.6) is 0 Å². The van der Waals surface area contributed by atoms with E-state index < -0.39 is 6.04 Å². The molecular formula is C25H28ClN3O3. The Hall–Kier alpha value is -2.86. The predicted octanol–water partition coefficient (Wildman–Crippen LogP) is 4.48. The molecule has 168 valence electrons. The van der Waals surface area contributed by atoms with Crippen LogP contribution in [0.25, 0.3) is 11.1 Å². The zero-order valence-corrected chi connectivity index (χ0v) is 19.1. The summed E-state index contributed by atoms with van der Waals surface area (Å²) in [6.07, 6.45) is 2.62. The van der Waals surface area contributed by atoms with Crippen LogP contribution in [-0.4, -0.2) is 41.2 Å². The molecule has 0 bridgehead atoms. The maximum atomic E-state index is 13.4. The van der Waals surface area contributed by atoms with Crippen LogP contribution in [0.3, 0.4) is 0 Å². The molecule has 2 N–H and O–H groups in total. The van der Waals surface area contributed by atoms with Crippen molar-refractivity contribution in [3.63, 3.8) is 0 Å². The number of amides is 3. The quantitative estimate of drug-likeness (QED) is 0.700. The van der Waals surface area contributed by atoms with Crippen LogP contribution in [0.15, 0.2) is 42.5 Å². The minimum atomic E-state index is -0.602. The van der Waals surface area contributed by atoms with Gasteiger partial charge in [0, 0.05) is 23.5 Å². The van der Waals surface area contributed by atoms with Gasteiger partial charge < -0.3 is 15.5 Å². The third-order valence-electron chi connectivity index (χ3n) is 6.55. The maximum Gasteiger partial charge on any atom is 0.256 e. The van der Waals surface area contributed by atoms with Crippen LogP contribution in [0.1, 0.15) is 49.9 Å². The fraction of sp³-hybridized carbons (Fsp3) is 0.400. The number of nitrogens with one attached hydrogen (secondary N) is 2. The van der Waals surface area contributed by atoms with E-state index in [0.29, 0.717) is 35.7 Å². The second-order valence-electron chi connectivity index (χ2n) is 8.51. The van der Waals surface area contributed by atoms with Crippen LogP contribution in [-0.2, 0) is 9.59 Å². The third-order valence-corrected chi connectivity index (χ3v) is 6.81. The van der Waals surface area contributed by atoms with E-state index in [2.05, 4.69) is 10.6 Å². The van der Waals surface area contributed by atoms with E-state index in [4.69, 9.17) is 11.6 Å². The average Bonchev–Trinajstić information content (AvgIpc) is 2.89. The van der Waals surface area contributed by atoms with Gasteiger partial charge in [0.05, 0.1) is 11.3 Å². The minimum absolute atomic E-state index is 0.0202. The molecule has 2 aromatic rings. The van der Waals surface area contributed by atoms with Crippen LogP contribution in [0.2, 0.25) is 5.02 Å². The highest BCUT2D eigenvalue weighted by molar-refractivity contribution is 6.30. The molecule has 0 aromatic heterocycles. The van der Waals surface area contributed by atoms with Crippen molar-refractivity contribution in [2.45, 2.75) is 51.6 Å². The molecule has 2 unspecified atom stereocenters.